The van der Waals surface area contributed by atoms with Crippen molar-refractivity contribution in [3.63, 3.8) is 0 Å². The normalized spacial score (nSPS) is 11.5. The Morgan fingerprint density at radius 1 is 0.562 bits per heavy atom. The van der Waals surface area contributed by atoms with Gasteiger partial charge in [-0.05, 0) is 142 Å². The Bertz CT molecular complexity index is 2110. The second-order valence-electron chi connectivity index (χ2n) is 12.4. The van der Waals surface area contributed by atoms with Crippen LogP contribution in [0.25, 0.3) is 48.5 Å². The third-order valence-corrected chi connectivity index (χ3v) is 10.1. The van der Waals surface area contributed by atoms with Gasteiger partial charge in [-0.15, -0.1) is 11.3 Å². The molecule has 5 aromatic carbocycles. The van der Waals surface area contributed by atoms with Crippen LogP contribution in [0.2, 0.25) is 0 Å². The summed E-state index contributed by atoms with van der Waals surface area (Å²) in [6.45, 7) is 22.9. The van der Waals surface area contributed by atoms with E-state index in [4.69, 9.17) is 0 Å². The Balaban J connectivity index is 0.000000225. The van der Waals surface area contributed by atoms with Gasteiger partial charge in [-0.3, -0.25) is 0 Å². The summed E-state index contributed by atoms with van der Waals surface area (Å²) in [7, 11) is 0. The van der Waals surface area contributed by atoms with E-state index >= 15 is 0 Å². The molecule has 0 bridgehead atoms. The van der Waals surface area contributed by atoms with E-state index in [1.54, 1.807) is 0 Å². The van der Waals surface area contributed by atoms with Crippen LogP contribution in [0.1, 0.15) is 59.7 Å². The molecule has 6 rings (SSSR count). The molecule has 0 atom stereocenters. The summed E-state index contributed by atoms with van der Waals surface area (Å²) >= 11 is 1.89. The molecule has 0 aliphatic carbocycles. The quantitative estimate of drug-likeness (QED) is 0.164. The van der Waals surface area contributed by atoms with Crippen LogP contribution < -0.4 is 0 Å². The highest BCUT2D eigenvalue weighted by Crippen LogP contribution is 2.40. The van der Waals surface area contributed by atoms with Gasteiger partial charge in [0, 0.05) is 20.2 Å². The molecule has 0 nitrogen and oxygen atoms in total. The van der Waals surface area contributed by atoms with E-state index in [0.29, 0.717) is 0 Å². The molecule has 0 fully saturated rings. The largest absolute Gasteiger partial charge is 0.135 e. The van der Waals surface area contributed by atoms with E-state index in [1.807, 2.05) is 56.4 Å². The summed E-state index contributed by atoms with van der Waals surface area (Å²) in [5.74, 6) is 0. The molecule has 0 spiro atoms. The number of benzene rings is 5. The number of fused-ring (bicyclic) bond motifs is 3. The lowest BCUT2D eigenvalue weighted by Crippen LogP contribution is -1.94. The van der Waals surface area contributed by atoms with Gasteiger partial charge < -0.3 is 0 Å². The van der Waals surface area contributed by atoms with Crippen molar-refractivity contribution in [1.29, 1.82) is 0 Å². The van der Waals surface area contributed by atoms with Crippen molar-refractivity contribution >= 4 is 37.6 Å². The maximum absolute atomic E-state index is 3.61. The molecule has 0 N–H and O–H groups in total. The third kappa shape index (κ3) is 8.40. The molecule has 244 valence electrons. The van der Waals surface area contributed by atoms with E-state index in [1.165, 1.54) is 86.9 Å². The van der Waals surface area contributed by atoms with Crippen LogP contribution in [-0.4, -0.2) is 0 Å². The average Bonchev–Trinajstić information content (AvgIpc) is 3.44. The fourth-order valence-corrected chi connectivity index (χ4v) is 7.15. The van der Waals surface area contributed by atoms with Crippen molar-refractivity contribution in [2.75, 3.05) is 0 Å². The minimum atomic E-state index is 1.20. The standard InChI is InChI=1S/C28H24S.C11H14.C8H12/c1-17-9-5-6-10-21(17)22-13-14-23(20(4)19(22)3)25-16-28-26(15-18(25)2)24-11-7-8-12-27(24)29-28;1-4-6-11-9(2)7-5-8-10(11)3;1-4-6-7-8(3)5-2/h5-16H,1-4H3;4-8H,1-3H3;4-7H,2H2,1,3H3/b;6-4-;6-4-,8-7-. The summed E-state index contributed by atoms with van der Waals surface area (Å²) < 4.78 is 2.73. The topological polar surface area (TPSA) is 0 Å². The van der Waals surface area contributed by atoms with Crippen LogP contribution in [0.3, 0.4) is 0 Å². The lowest BCUT2D eigenvalue weighted by molar-refractivity contribution is 1.32. The Hall–Kier alpha value is -4.72. The summed E-state index contributed by atoms with van der Waals surface area (Å²) in [5.41, 5.74) is 16.0. The smallest absolute Gasteiger partial charge is 0.0361 e. The number of allylic oxidation sites excluding steroid dienone is 6. The van der Waals surface area contributed by atoms with Crippen molar-refractivity contribution in [3.8, 4) is 22.3 Å². The van der Waals surface area contributed by atoms with Crippen LogP contribution >= 0.6 is 11.3 Å². The van der Waals surface area contributed by atoms with Gasteiger partial charge in [0.25, 0.3) is 0 Å². The fourth-order valence-electron chi connectivity index (χ4n) is 6.02. The van der Waals surface area contributed by atoms with Crippen LogP contribution in [0.15, 0.2) is 134 Å². The Labute approximate surface area is 293 Å². The zero-order valence-electron chi connectivity index (χ0n) is 30.2. The molecule has 0 aliphatic rings. The molecule has 0 saturated heterocycles. The molecule has 1 heterocycles. The Morgan fingerprint density at radius 3 is 1.79 bits per heavy atom. The van der Waals surface area contributed by atoms with Crippen molar-refractivity contribution in [2.24, 2.45) is 0 Å². The SMILES string of the molecule is C/C=C\c1c(C)cccc1C.C=C/C(C)=C\C=C/C.Cc1ccccc1-c1ccc(-c2cc3sc4ccccc4c3cc2C)c(C)c1C. The molecular weight excluding hydrogens is 597 g/mol. The maximum atomic E-state index is 3.61. The zero-order chi connectivity index (χ0) is 34.8. The van der Waals surface area contributed by atoms with Crippen LogP contribution in [-0.2, 0) is 0 Å². The predicted molar refractivity (Wildman–Crippen MR) is 219 cm³/mol. The minimum absolute atomic E-state index is 1.20. The summed E-state index contributed by atoms with van der Waals surface area (Å²) in [6.07, 6.45) is 12.1. The van der Waals surface area contributed by atoms with Crippen LogP contribution in [0, 0.1) is 41.5 Å². The first-order chi connectivity index (χ1) is 23.1. The lowest BCUT2D eigenvalue weighted by atomic mass is 9.88. The molecule has 0 radical (unpaired) electrons. The van der Waals surface area contributed by atoms with Crippen molar-refractivity contribution < 1.29 is 0 Å². The molecule has 1 heteroatoms. The number of hydrogen-bond acceptors (Lipinski definition) is 1. The molecule has 0 saturated carbocycles. The highest BCUT2D eigenvalue weighted by Gasteiger charge is 2.14. The van der Waals surface area contributed by atoms with Crippen LogP contribution in [0.5, 0.6) is 0 Å². The van der Waals surface area contributed by atoms with Gasteiger partial charge in [-0.1, -0.05) is 121 Å². The van der Waals surface area contributed by atoms with Crippen LogP contribution in [0.4, 0.5) is 0 Å². The third-order valence-electron chi connectivity index (χ3n) is 8.99. The zero-order valence-corrected chi connectivity index (χ0v) is 31.1. The Morgan fingerprint density at radius 2 is 1.17 bits per heavy atom. The lowest BCUT2D eigenvalue weighted by Gasteiger charge is -2.17. The van der Waals surface area contributed by atoms with Gasteiger partial charge in [0.1, 0.15) is 0 Å². The van der Waals surface area contributed by atoms with Gasteiger partial charge >= 0.3 is 0 Å². The highest BCUT2D eigenvalue weighted by molar-refractivity contribution is 7.25. The monoisotopic (exact) mass is 646 g/mol. The van der Waals surface area contributed by atoms with Gasteiger partial charge in [0.2, 0.25) is 0 Å². The van der Waals surface area contributed by atoms with Gasteiger partial charge in [0.05, 0.1) is 0 Å². The van der Waals surface area contributed by atoms with E-state index in [9.17, 15) is 0 Å². The summed E-state index contributed by atoms with van der Waals surface area (Å²) in [5, 5.41) is 2.74. The van der Waals surface area contributed by atoms with E-state index in [0.717, 1.165) is 0 Å². The minimum Gasteiger partial charge on any atom is -0.135 e. The predicted octanol–water partition coefficient (Wildman–Crippen LogP) is 14.7. The highest BCUT2D eigenvalue weighted by atomic mass is 32.1. The maximum Gasteiger partial charge on any atom is 0.0361 e. The van der Waals surface area contributed by atoms with Crippen molar-refractivity contribution in [3.05, 3.63) is 172 Å². The van der Waals surface area contributed by atoms with E-state index in [-0.39, 0.29) is 0 Å². The van der Waals surface area contributed by atoms with Crippen molar-refractivity contribution in [2.45, 2.75) is 62.3 Å². The van der Waals surface area contributed by atoms with Gasteiger partial charge in [-0.25, -0.2) is 0 Å². The average molecular weight is 647 g/mol. The Kier molecular flexibility index (Phi) is 12.7. The van der Waals surface area contributed by atoms with Gasteiger partial charge in [0.15, 0.2) is 0 Å². The molecule has 0 amide bonds. The fraction of sp³-hybridized carbons (Fsp3) is 0.191. The number of thiophene rings is 1. The summed E-state index contributed by atoms with van der Waals surface area (Å²) in [6, 6.07) is 33.1. The van der Waals surface area contributed by atoms with E-state index in [2.05, 4.69) is 151 Å². The molecule has 1 aromatic heterocycles. The molecule has 0 aliphatic heterocycles. The first-order valence-corrected chi connectivity index (χ1v) is 17.6. The van der Waals surface area contributed by atoms with Gasteiger partial charge in [-0.2, -0.15) is 0 Å². The number of aryl methyl sites for hydroxylation is 4. The molecule has 6 aromatic rings. The molecular formula is C47H50S. The summed E-state index contributed by atoms with van der Waals surface area (Å²) in [4.78, 5) is 0. The van der Waals surface area contributed by atoms with E-state index < -0.39 is 0 Å². The number of rotatable bonds is 5. The van der Waals surface area contributed by atoms with Crippen molar-refractivity contribution in [1.82, 2.24) is 0 Å². The second kappa shape index (κ2) is 16.9. The molecule has 48 heavy (non-hydrogen) atoms. The second-order valence-corrected chi connectivity index (χ2v) is 13.5. The number of hydrogen-bond donors (Lipinski definition) is 0. The first kappa shape index (κ1) is 36.1. The first-order valence-electron chi connectivity index (χ1n) is 16.8. The molecule has 0 unspecified atom stereocenters.